The van der Waals surface area contributed by atoms with Crippen LogP contribution in [0.5, 0.6) is 0 Å². The summed E-state index contributed by atoms with van der Waals surface area (Å²) < 4.78 is 4.08. The first-order chi connectivity index (χ1) is 22.5. The molecule has 2 aliphatic carbocycles. The summed E-state index contributed by atoms with van der Waals surface area (Å²) in [4.78, 5) is 0. The molecule has 2 aliphatic rings. The Balaban J connectivity index is 0.00000260. The normalized spacial score (nSPS) is 15.0. The van der Waals surface area contributed by atoms with E-state index >= 15 is 0 Å². The van der Waals surface area contributed by atoms with Crippen LogP contribution in [0.3, 0.4) is 0 Å². The van der Waals surface area contributed by atoms with Crippen LogP contribution in [0.15, 0.2) is 117 Å². The first kappa shape index (κ1) is 38.5. The van der Waals surface area contributed by atoms with Crippen molar-refractivity contribution < 1.29 is 46.1 Å². The van der Waals surface area contributed by atoms with E-state index in [-0.39, 0.29) is 24.8 Å². The Labute approximate surface area is 311 Å². The Morgan fingerprint density at radius 2 is 1.04 bits per heavy atom. The summed E-state index contributed by atoms with van der Waals surface area (Å²) in [6.07, 6.45) is 9.87. The number of hydrogen-bond acceptors (Lipinski definition) is 0. The maximum atomic E-state index is 2.57. The summed E-state index contributed by atoms with van der Waals surface area (Å²) in [5.41, 5.74) is 17.2. The van der Waals surface area contributed by atoms with Crippen LogP contribution in [0, 0.1) is 19.8 Å². The van der Waals surface area contributed by atoms with Crippen molar-refractivity contribution in [3.05, 3.63) is 150 Å². The SMILES string of the molecule is CCCC1=C(CCC)C(CCC)[C]([Zr+2](=[C](c2ccccc2)c2ccccc2)[CH]2c3cc(C)ccc3-c3ccc(C)cc32)=C1CCC.[Cl-].[Cl-]. The Bertz CT molecular complexity index is 1700. The molecule has 0 aliphatic heterocycles. The number of rotatable bonds is 12. The van der Waals surface area contributed by atoms with Crippen LogP contribution in [0.25, 0.3) is 11.1 Å². The third-order valence-corrected chi connectivity index (χ3v) is 19.0. The van der Waals surface area contributed by atoms with Crippen LogP contribution in [-0.4, -0.2) is 3.21 Å². The smallest absolute Gasteiger partial charge is 1.00 e. The van der Waals surface area contributed by atoms with Crippen molar-refractivity contribution in [1.29, 1.82) is 0 Å². The van der Waals surface area contributed by atoms with Crippen LogP contribution in [0.4, 0.5) is 0 Å². The zero-order valence-corrected chi connectivity index (χ0v) is 33.8. The zero-order chi connectivity index (χ0) is 32.2. The summed E-state index contributed by atoms with van der Waals surface area (Å²) in [6.45, 7) is 14.2. The van der Waals surface area contributed by atoms with Crippen molar-refractivity contribution in [2.24, 2.45) is 5.92 Å². The fourth-order valence-corrected chi connectivity index (χ4v) is 18.9. The van der Waals surface area contributed by atoms with Crippen molar-refractivity contribution in [3.63, 3.8) is 0 Å². The van der Waals surface area contributed by atoms with Gasteiger partial charge in [-0.1, -0.05) is 0 Å². The van der Waals surface area contributed by atoms with E-state index in [4.69, 9.17) is 0 Å². The fourth-order valence-electron chi connectivity index (χ4n) is 8.53. The van der Waals surface area contributed by atoms with Crippen molar-refractivity contribution in [2.45, 2.75) is 96.5 Å². The Morgan fingerprint density at radius 3 is 1.50 bits per heavy atom. The predicted molar refractivity (Wildman–Crippen MR) is 196 cm³/mol. The second kappa shape index (κ2) is 17.6. The molecule has 0 radical (unpaired) electrons. The number of allylic oxidation sites excluding steroid dienone is 4. The van der Waals surface area contributed by atoms with Crippen LogP contribution >= 0.6 is 0 Å². The van der Waals surface area contributed by atoms with E-state index in [0.29, 0.717) is 9.54 Å². The van der Waals surface area contributed by atoms with Gasteiger partial charge in [-0.3, -0.25) is 0 Å². The largest absolute Gasteiger partial charge is 1.00 e. The van der Waals surface area contributed by atoms with E-state index in [1.54, 1.807) is 25.5 Å². The molecule has 0 nitrogen and oxygen atoms in total. The van der Waals surface area contributed by atoms with Crippen molar-refractivity contribution in [1.82, 2.24) is 0 Å². The number of halogens is 2. The third-order valence-electron chi connectivity index (χ3n) is 10.2. The summed E-state index contributed by atoms with van der Waals surface area (Å²) in [6, 6.07) is 37.8. The molecule has 4 aromatic carbocycles. The maximum absolute atomic E-state index is 2.89. The molecule has 6 rings (SSSR count). The molecule has 48 heavy (non-hydrogen) atoms. The van der Waals surface area contributed by atoms with Crippen LogP contribution in [0.2, 0.25) is 0 Å². The predicted octanol–water partition coefficient (Wildman–Crippen LogP) is 6.65. The molecular weight excluding hydrogens is 703 g/mol. The van der Waals surface area contributed by atoms with Gasteiger partial charge in [-0.05, 0) is 0 Å². The molecule has 0 aromatic heterocycles. The van der Waals surface area contributed by atoms with Gasteiger partial charge in [0.2, 0.25) is 0 Å². The van der Waals surface area contributed by atoms with Crippen LogP contribution in [-0.2, 0) is 21.3 Å². The van der Waals surface area contributed by atoms with Crippen molar-refractivity contribution in [2.75, 3.05) is 0 Å². The number of hydrogen-bond donors (Lipinski definition) is 0. The summed E-state index contributed by atoms with van der Waals surface area (Å²) in [5, 5.41) is 0. The van der Waals surface area contributed by atoms with Gasteiger partial charge in [0.05, 0.1) is 0 Å². The first-order valence-electron chi connectivity index (χ1n) is 18.0. The molecule has 0 amide bonds. The van der Waals surface area contributed by atoms with Gasteiger partial charge < -0.3 is 24.8 Å². The minimum Gasteiger partial charge on any atom is -1.00 e. The van der Waals surface area contributed by atoms with E-state index in [0.717, 1.165) is 0 Å². The first-order valence-corrected chi connectivity index (χ1v) is 21.9. The Hall–Kier alpha value is -2.31. The summed E-state index contributed by atoms with van der Waals surface area (Å²) >= 11 is -2.89. The molecule has 0 saturated carbocycles. The average molecular weight is 755 g/mol. The van der Waals surface area contributed by atoms with E-state index in [1.165, 1.54) is 84.7 Å². The number of fused-ring (bicyclic) bond motifs is 3. The molecular formula is C45H52Cl2Zr. The van der Waals surface area contributed by atoms with E-state index in [9.17, 15) is 0 Å². The van der Waals surface area contributed by atoms with Gasteiger partial charge in [0, 0.05) is 0 Å². The molecule has 0 saturated heterocycles. The van der Waals surface area contributed by atoms with Gasteiger partial charge >= 0.3 is 288 Å². The Kier molecular flexibility index (Phi) is 14.1. The molecule has 0 spiro atoms. The van der Waals surface area contributed by atoms with Crippen molar-refractivity contribution >= 4 is 3.21 Å². The van der Waals surface area contributed by atoms with Crippen LogP contribution in [0.1, 0.15) is 116 Å². The second-order valence-corrected chi connectivity index (χ2v) is 19.6. The molecule has 250 valence electrons. The van der Waals surface area contributed by atoms with E-state index in [2.05, 4.69) is 139 Å². The van der Waals surface area contributed by atoms with Gasteiger partial charge in [-0.2, -0.15) is 0 Å². The molecule has 0 N–H and O–H groups in total. The van der Waals surface area contributed by atoms with Gasteiger partial charge in [-0.15, -0.1) is 0 Å². The van der Waals surface area contributed by atoms with E-state index in [1.807, 2.05) is 8.85 Å². The summed E-state index contributed by atoms with van der Waals surface area (Å²) in [7, 11) is 0. The van der Waals surface area contributed by atoms with Gasteiger partial charge in [-0.25, -0.2) is 0 Å². The topological polar surface area (TPSA) is 0 Å². The minimum atomic E-state index is -2.89. The zero-order valence-electron chi connectivity index (χ0n) is 29.8. The molecule has 0 bridgehead atoms. The number of benzene rings is 4. The van der Waals surface area contributed by atoms with Gasteiger partial charge in [0.25, 0.3) is 0 Å². The van der Waals surface area contributed by atoms with Crippen LogP contribution < -0.4 is 24.8 Å². The Morgan fingerprint density at radius 1 is 0.562 bits per heavy atom. The molecule has 4 aromatic rings. The fraction of sp³-hybridized carbons (Fsp3) is 0.356. The monoisotopic (exact) mass is 752 g/mol. The average Bonchev–Trinajstić information content (AvgIpc) is 3.52. The third kappa shape index (κ3) is 7.41. The molecule has 1 atom stereocenters. The molecule has 0 heterocycles. The van der Waals surface area contributed by atoms with Crippen molar-refractivity contribution in [3.8, 4) is 11.1 Å². The van der Waals surface area contributed by atoms with E-state index < -0.39 is 21.3 Å². The quantitative estimate of drug-likeness (QED) is 0.152. The molecule has 0 fully saturated rings. The number of aryl methyl sites for hydroxylation is 2. The van der Waals surface area contributed by atoms with Gasteiger partial charge in [0.1, 0.15) is 0 Å². The molecule has 1 unspecified atom stereocenters. The van der Waals surface area contributed by atoms with Gasteiger partial charge in [0.15, 0.2) is 0 Å². The molecule has 3 heteroatoms. The maximum Gasteiger partial charge on any atom is -1.00 e. The second-order valence-electron chi connectivity index (χ2n) is 13.6. The minimum absolute atomic E-state index is 0. The summed E-state index contributed by atoms with van der Waals surface area (Å²) in [5.74, 6) is 0.590. The standard InChI is InChI=1S/C17H29.C15H13.C13H10.2ClH.Zr/c1-5-9-14-13-15(10-6-2)17(12-8-4)16(14)11-7-3;1-10-3-5-14-12(7-10)9-13-8-11(2)4-6-15(13)14;1-3-7-12(8-4-1)11-13-9-5-2-6-10-13;;;/h14H,5-12H2,1-4H3;3-9H,1-2H3;1-10H;2*1H;/q;;;;;+2/p-2.